The van der Waals surface area contributed by atoms with Gasteiger partial charge in [0.15, 0.2) is 5.65 Å². The fraction of sp³-hybridized carbons (Fsp3) is 0.0556. The van der Waals surface area contributed by atoms with Gasteiger partial charge in [0.25, 0.3) is 0 Å². The second-order valence-electron chi connectivity index (χ2n) is 5.43. The number of nitrogens with one attached hydrogen (secondary N) is 1. The van der Waals surface area contributed by atoms with Crippen LogP contribution >= 0.6 is 15.9 Å². The summed E-state index contributed by atoms with van der Waals surface area (Å²) in [4.78, 5) is 8.78. The first-order valence-corrected chi connectivity index (χ1v) is 8.29. The molecule has 118 valence electrons. The van der Waals surface area contributed by atoms with E-state index in [1.54, 1.807) is 12.5 Å². The molecule has 24 heavy (non-hydrogen) atoms. The highest BCUT2D eigenvalue weighted by molar-refractivity contribution is 9.10. The third-order valence-corrected chi connectivity index (χ3v) is 4.36. The number of halogens is 1. The molecule has 0 saturated carbocycles. The van der Waals surface area contributed by atoms with E-state index in [1.807, 2.05) is 47.1 Å². The summed E-state index contributed by atoms with van der Waals surface area (Å²) in [6.45, 7) is 2.06. The summed E-state index contributed by atoms with van der Waals surface area (Å²) in [5, 5.41) is 8.73. The molecule has 4 aromatic rings. The second kappa shape index (κ2) is 6.05. The van der Waals surface area contributed by atoms with Crippen molar-refractivity contribution in [2.75, 3.05) is 5.32 Å². The lowest BCUT2D eigenvalue weighted by Gasteiger charge is -2.09. The fourth-order valence-electron chi connectivity index (χ4n) is 2.56. The molecule has 0 aliphatic carbocycles. The van der Waals surface area contributed by atoms with Crippen LogP contribution in [0.15, 0.2) is 65.5 Å². The highest BCUT2D eigenvalue weighted by atomic mass is 79.9. The van der Waals surface area contributed by atoms with Crippen LogP contribution in [-0.2, 0) is 0 Å². The monoisotopic (exact) mass is 379 g/mol. The van der Waals surface area contributed by atoms with Gasteiger partial charge in [-0.05, 0) is 42.8 Å². The van der Waals surface area contributed by atoms with Crippen molar-refractivity contribution in [2.24, 2.45) is 0 Å². The molecule has 0 bridgehead atoms. The highest BCUT2D eigenvalue weighted by Gasteiger charge is 2.11. The minimum Gasteiger partial charge on any atom is -0.339 e. The minimum absolute atomic E-state index is 0.748. The van der Waals surface area contributed by atoms with Crippen LogP contribution in [-0.4, -0.2) is 19.7 Å². The smallest absolute Gasteiger partial charge is 0.168 e. The lowest BCUT2D eigenvalue weighted by molar-refractivity contribution is 0.895. The Morgan fingerprint density at radius 2 is 1.79 bits per heavy atom. The Bertz CT molecular complexity index is 1010. The summed E-state index contributed by atoms with van der Waals surface area (Å²) >= 11 is 3.45. The Morgan fingerprint density at radius 3 is 2.58 bits per heavy atom. The predicted octanol–water partition coefficient (Wildman–Crippen LogP) is 4.63. The van der Waals surface area contributed by atoms with Crippen molar-refractivity contribution in [1.29, 1.82) is 0 Å². The molecule has 0 aliphatic rings. The van der Waals surface area contributed by atoms with Crippen LogP contribution in [0.25, 0.3) is 16.7 Å². The van der Waals surface area contributed by atoms with E-state index in [2.05, 4.69) is 49.3 Å². The van der Waals surface area contributed by atoms with Gasteiger partial charge < -0.3 is 5.32 Å². The molecule has 2 aromatic heterocycles. The van der Waals surface area contributed by atoms with Crippen molar-refractivity contribution in [2.45, 2.75) is 6.92 Å². The largest absolute Gasteiger partial charge is 0.339 e. The molecule has 2 heterocycles. The van der Waals surface area contributed by atoms with Crippen LogP contribution in [0.4, 0.5) is 11.5 Å². The van der Waals surface area contributed by atoms with Crippen LogP contribution in [0.3, 0.4) is 0 Å². The Hall–Kier alpha value is -2.73. The second-order valence-corrected chi connectivity index (χ2v) is 6.35. The van der Waals surface area contributed by atoms with E-state index in [0.29, 0.717) is 0 Å². The van der Waals surface area contributed by atoms with Crippen molar-refractivity contribution < 1.29 is 0 Å². The van der Waals surface area contributed by atoms with Crippen LogP contribution in [0, 0.1) is 6.92 Å². The Labute approximate surface area is 147 Å². The molecular formula is C18H14BrN5. The number of para-hydroxylation sites is 1. The fourth-order valence-corrected chi connectivity index (χ4v) is 2.82. The van der Waals surface area contributed by atoms with Gasteiger partial charge in [0.05, 0.1) is 17.3 Å². The van der Waals surface area contributed by atoms with E-state index in [4.69, 9.17) is 0 Å². The zero-order valence-corrected chi connectivity index (χ0v) is 14.5. The number of aryl methyl sites for hydroxylation is 1. The number of hydrogen-bond acceptors (Lipinski definition) is 4. The maximum atomic E-state index is 4.48. The van der Waals surface area contributed by atoms with Crippen molar-refractivity contribution in [1.82, 2.24) is 19.7 Å². The van der Waals surface area contributed by atoms with E-state index in [1.165, 1.54) is 0 Å². The number of hydrogen-bond donors (Lipinski definition) is 1. The normalized spacial score (nSPS) is 10.9. The number of rotatable bonds is 3. The molecule has 6 heteroatoms. The molecule has 0 fully saturated rings. The van der Waals surface area contributed by atoms with Gasteiger partial charge in [-0.2, -0.15) is 5.10 Å². The summed E-state index contributed by atoms with van der Waals surface area (Å²) < 4.78 is 2.84. The Balaban J connectivity index is 1.79. The summed E-state index contributed by atoms with van der Waals surface area (Å²) in [5.41, 5.74) is 3.90. The predicted molar refractivity (Wildman–Crippen MR) is 98.8 cm³/mol. The quantitative estimate of drug-likeness (QED) is 0.563. The maximum Gasteiger partial charge on any atom is 0.168 e. The SMILES string of the molecule is Cc1ccccc1Nc1ncnc2c1cnn2-c1ccc(Br)cc1. The van der Waals surface area contributed by atoms with Crippen molar-refractivity contribution in [3.05, 3.63) is 71.1 Å². The Kier molecular flexibility index (Phi) is 3.74. The molecule has 0 aliphatic heterocycles. The van der Waals surface area contributed by atoms with E-state index in [9.17, 15) is 0 Å². The number of benzene rings is 2. The highest BCUT2D eigenvalue weighted by Crippen LogP contribution is 2.26. The van der Waals surface area contributed by atoms with Gasteiger partial charge in [-0.25, -0.2) is 14.6 Å². The lowest BCUT2D eigenvalue weighted by Crippen LogP contribution is -2.00. The average Bonchev–Trinajstić information content (AvgIpc) is 3.03. The zero-order valence-electron chi connectivity index (χ0n) is 12.9. The van der Waals surface area contributed by atoms with E-state index < -0.39 is 0 Å². The summed E-state index contributed by atoms with van der Waals surface area (Å²) in [6.07, 6.45) is 3.35. The van der Waals surface area contributed by atoms with Crippen LogP contribution < -0.4 is 5.32 Å². The topological polar surface area (TPSA) is 55.6 Å². The molecule has 1 N–H and O–H groups in total. The third kappa shape index (κ3) is 2.65. The maximum absolute atomic E-state index is 4.48. The molecule has 0 unspecified atom stereocenters. The van der Waals surface area contributed by atoms with Crippen molar-refractivity contribution in [3.8, 4) is 5.69 Å². The van der Waals surface area contributed by atoms with E-state index in [-0.39, 0.29) is 0 Å². The summed E-state index contributed by atoms with van der Waals surface area (Å²) in [7, 11) is 0. The first-order valence-electron chi connectivity index (χ1n) is 7.50. The van der Waals surface area contributed by atoms with Gasteiger partial charge in [-0.1, -0.05) is 34.1 Å². The van der Waals surface area contributed by atoms with Crippen LogP contribution in [0.5, 0.6) is 0 Å². The van der Waals surface area contributed by atoms with Gasteiger partial charge >= 0.3 is 0 Å². The molecule has 0 saturated heterocycles. The van der Waals surface area contributed by atoms with Gasteiger partial charge in [0.1, 0.15) is 12.1 Å². The third-order valence-electron chi connectivity index (χ3n) is 3.84. The summed E-state index contributed by atoms with van der Waals surface area (Å²) in [6, 6.07) is 16.1. The lowest BCUT2D eigenvalue weighted by atomic mass is 10.2. The van der Waals surface area contributed by atoms with Crippen LogP contribution in [0.1, 0.15) is 5.56 Å². The molecule has 0 amide bonds. The summed E-state index contributed by atoms with van der Waals surface area (Å²) in [5.74, 6) is 0.748. The first kappa shape index (κ1) is 14.8. The molecule has 0 radical (unpaired) electrons. The van der Waals surface area contributed by atoms with Gasteiger partial charge in [0.2, 0.25) is 0 Å². The molecular weight excluding hydrogens is 366 g/mol. The van der Waals surface area contributed by atoms with E-state index >= 15 is 0 Å². The zero-order chi connectivity index (χ0) is 16.5. The van der Waals surface area contributed by atoms with Gasteiger partial charge in [-0.15, -0.1) is 0 Å². The van der Waals surface area contributed by atoms with Gasteiger partial charge in [-0.3, -0.25) is 0 Å². The standard InChI is InChI=1S/C18H14BrN5/c1-12-4-2-3-5-16(12)23-17-15-10-22-24(18(15)21-11-20-17)14-8-6-13(19)7-9-14/h2-11H,1H3,(H,20,21,23). The number of nitrogens with zero attached hydrogens (tertiary/aromatic N) is 4. The number of fused-ring (bicyclic) bond motifs is 1. The van der Waals surface area contributed by atoms with Crippen molar-refractivity contribution in [3.63, 3.8) is 0 Å². The minimum atomic E-state index is 0.748. The molecule has 0 spiro atoms. The average molecular weight is 380 g/mol. The molecule has 4 rings (SSSR count). The number of aromatic nitrogens is 4. The molecule has 0 atom stereocenters. The Morgan fingerprint density at radius 1 is 1.00 bits per heavy atom. The van der Waals surface area contributed by atoms with E-state index in [0.717, 1.165) is 38.3 Å². The van der Waals surface area contributed by atoms with Gasteiger partial charge in [0, 0.05) is 10.2 Å². The van der Waals surface area contributed by atoms with Crippen LogP contribution in [0.2, 0.25) is 0 Å². The molecule has 5 nitrogen and oxygen atoms in total. The number of anilines is 2. The first-order chi connectivity index (χ1) is 11.7. The molecule has 2 aromatic carbocycles. The van der Waals surface area contributed by atoms with Crippen molar-refractivity contribution >= 4 is 38.5 Å².